The molecule has 4 heteroatoms. The summed E-state index contributed by atoms with van der Waals surface area (Å²) in [6.45, 7) is 3.92. The van der Waals surface area contributed by atoms with E-state index in [0.717, 1.165) is 30.2 Å². The predicted octanol–water partition coefficient (Wildman–Crippen LogP) is 2.36. The highest BCUT2D eigenvalue weighted by Crippen LogP contribution is 2.12. The summed E-state index contributed by atoms with van der Waals surface area (Å²) in [6, 6.07) is 0. The molecule has 0 aromatic heterocycles. The van der Waals surface area contributed by atoms with Crippen molar-refractivity contribution in [1.82, 2.24) is 0 Å². The van der Waals surface area contributed by atoms with E-state index in [1.165, 1.54) is 0 Å². The average molecular weight is 192 g/mol. The summed E-state index contributed by atoms with van der Waals surface area (Å²) in [7, 11) is -3.93. The summed E-state index contributed by atoms with van der Waals surface area (Å²) >= 11 is 0. The summed E-state index contributed by atoms with van der Waals surface area (Å²) in [5.74, 6) is 0. The highest BCUT2D eigenvalue weighted by molar-refractivity contribution is 7.88. The lowest BCUT2D eigenvalue weighted by atomic mass is 10.1. The maximum atomic E-state index is 10.4. The van der Waals surface area contributed by atoms with E-state index < -0.39 is 10.1 Å². The number of unbranched alkanes of at least 4 members (excludes halogenated alkanes) is 1. The second-order valence-electron chi connectivity index (χ2n) is 2.75. The molecule has 0 aliphatic carbocycles. The highest BCUT2D eigenvalue weighted by atomic mass is 32.2. The van der Waals surface area contributed by atoms with Crippen molar-refractivity contribution in [2.45, 2.75) is 39.5 Å². The van der Waals surface area contributed by atoms with Crippen LogP contribution in [0.4, 0.5) is 0 Å². The molecule has 0 aromatic rings. The van der Waals surface area contributed by atoms with Gasteiger partial charge in [-0.2, -0.15) is 8.42 Å². The summed E-state index contributed by atoms with van der Waals surface area (Å²) in [6.07, 6.45) is 3.44. The van der Waals surface area contributed by atoms with Crippen molar-refractivity contribution >= 4 is 10.1 Å². The standard InChI is InChI=1S/C8H16O3S/c1-3-5-6-8(4-2)7-12(9,10)11/h7H,3-6H2,1-2H3,(H,9,10,11). The van der Waals surface area contributed by atoms with Gasteiger partial charge in [0.25, 0.3) is 10.1 Å². The minimum Gasteiger partial charge on any atom is -0.282 e. The number of hydrogen-bond donors (Lipinski definition) is 1. The van der Waals surface area contributed by atoms with Gasteiger partial charge in [0.1, 0.15) is 0 Å². The van der Waals surface area contributed by atoms with Crippen LogP contribution in [0.3, 0.4) is 0 Å². The largest absolute Gasteiger partial charge is 0.287 e. The topological polar surface area (TPSA) is 54.4 Å². The van der Waals surface area contributed by atoms with Gasteiger partial charge >= 0.3 is 0 Å². The molecule has 0 bridgehead atoms. The van der Waals surface area contributed by atoms with Crippen LogP contribution < -0.4 is 0 Å². The molecular weight excluding hydrogens is 176 g/mol. The molecule has 0 atom stereocenters. The van der Waals surface area contributed by atoms with E-state index in [1.807, 2.05) is 13.8 Å². The Hall–Kier alpha value is -0.350. The highest BCUT2D eigenvalue weighted by Gasteiger charge is 2.01. The van der Waals surface area contributed by atoms with Gasteiger partial charge in [-0.05, 0) is 19.3 Å². The van der Waals surface area contributed by atoms with Crippen molar-refractivity contribution < 1.29 is 13.0 Å². The van der Waals surface area contributed by atoms with E-state index >= 15 is 0 Å². The minimum atomic E-state index is -3.93. The molecule has 0 spiro atoms. The summed E-state index contributed by atoms with van der Waals surface area (Å²) in [5, 5.41) is 0.961. The molecule has 0 aromatic carbocycles. The van der Waals surface area contributed by atoms with Crippen LogP contribution in [0.1, 0.15) is 39.5 Å². The molecule has 12 heavy (non-hydrogen) atoms. The van der Waals surface area contributed by atoms with Crippen LogP contribution in [-0.4, -0.2) is 13.0 Å². The minimum absolute atomic E-state index is 0.680. The quantitative estimate of drug-likeness (QED) is 0.680. The molecule has 0 amide bonds. The second-order valence-corrected chi connectivity index (χ2v) is 4.01. The lowest BCUT2D eigenvalue weighted by Crippen LogP contribution is -1.93. The molecule has 0 rings (SSSR count). The number of hydrogen-bond acceptors (Lipinski definition) is 2. The molecule has 3 nitrogen and oxygen atoms in total. The fourth-order valence-electron chi connectivity index (χ4n) is 0.933. The van der Waals surface area contributed by atoms with Gasteiger partial charge < -0.3 is 0 Å². The van der Waals surface area contributed by atoms with Gasteiger partial charge in [-0.1, -0.05) is 25.8 Å². The van der Waals surface area contributed by atoms with Gasteiger partial charge in [0.05, 0.1) is 5.41 Å². The Balaban J connectivity index is 4.24. The van der Waals surface area contributed by atoms with Crippen LogP contribution in [0, 0.1) is 0 Å². The normalized spacial score (nSPS) is 13.4. The van der Waals surface area contributed by atoms with Crippen molar-refractivity contribution in [3.05, 3.63) is 11.0 Å². The molecule has 0 fully saturated rings. The van der Waals surface area contributed by atoms with Crippen LogP contribution in [0.15, 0.2) is 11.0 Å². The van der Waals surface area contributed by atoms with Crippen LogP contribution in [-0.2, 0) is 10.1 Å². The van der Waals surface area contributed by atoms with Crippen molar-refractivity contribution in [3.8, 4) is 0 Å². The zero-order valence-electron chi connectivity index (χ0n) is 7.58. The van der Waals surface area contributed by atoms with Crippen LogP contribution in [0.2, 0.25) is 0 Å². The lowest BCUT2D eigenvalue weighted by Gasteiger charge is -2.00. The summed E-state index contributed by atoms with van der Waals surface area (Å²) < 4.78 is 29.4. The van der Waals surface area contributed by atoms with Crippen molar-refractivity contribution in [1.29, 1.82) is 0 Å². The van der Waals surface area contributed by atoms with Crippen molar-refractivity contribution in [2.24, 2.45) is 0 Å². The van der Waals surface area contributed by atoms with Crippen LogP contribution >= 0.6 is 0 Å². The smallest absolute Gasteiger partial charge is 0.282 e. The fourth-order valence-corrected chi connectivity index (χ4v) is 1.64. The zero-order chi connectivity index (χ0) is 9.61. The third-order valence-corrected chi connectivity index (χ3v) is 2.25. The van der Waals surface area contributed by atoms with Gasteiger partial charge in [0.15, 0.2) is 0 Å². The predicted molar refractivity (Wildman–Crippen MR) is 49.4 cm³/mol. The summed E-state index contributed by atoms with van der Waals surface area (Å²) in [5.41, 5.74) is 0.791. The maximum absolute atomic E-state index is 10.4. The third-order valence-electron chi connectivity index (χ3n) is 1.62. The third kappa shape index (κ3) is 6.37. The Labute approximate surface area is 74.2 Å². The molecule has 0 saturated carbocycles. The van der Waals surface area contributed by atoms with Gasteiger partial charge in [-0.3, -0.25) is 4.55 Å². The summed E-state index contributed by atoms with van der Waals surface area (Å²) in [4.78, 5) is 0. The van der Waals surface area contributed by atoms with Gasteiger partial charge in [-0.15, -0.1) is 0 Å². The molecule has 0 saturated heterocycles. The van der Waals surface area contributed by atoms with E-state index in [9.17, 15) is 8.42 Å². The first-order valence-electron chi connectivity index (χ1n) is 4.16. The molecule has 1 N–H and O–H groups in total. The number of rotatable bonds is 5. The molecule has 0 radical (unpaired) electrons. The second kappa shape index (κ2) is 5.32. The Morgan fingerprint density at radius 3 is 2.33 bits per heavy atom. The van der Waals surface area contributed by atoms with Crippen molar-refractivity contribution in [2.75, 3.05) is 0 Å². The first kappa shape index (κ1) is 11.6. The van der Waals surface area contributed by atoms with E-state index in [2.05, 4.69) is 0 Å². The molecular formula is C8H16O3S. The Kier molecular flexibility index (Phi) is 5.17. The van der Waals surface area contributed by atoms with E-state index in [-0.39, 0.29) is 0 Å². The molecule has 0 unspecified atom stereocenters. The van der Waals surface area contributed by atoms with Gasteiger partial charge in [0, 0.05) is 0 Å². The lowest BCUT2D eigenvalue weighted by molar-refractivity contribution is 0.493. The SMILES string of the molecule is CCCCC(=CS(=O)(=O)O)CC. The van der Waals surface area contributed by atoms with Crippen molar-refractivity contribution in [3.63, 3.8) is 0 Å². The fraction of sp³-hybridized carbons (Fsp3) is 0.750. The van der Waals surface area contributed by atoms with Crippen LogP contribution in [0.25, 0.3) is 0 Å². The molecule has 0 heterocycles. The number of allylic oxidation sites excluding steroid dienone is 1. The van der Waals surface area contributed by atoms with Gasteiger partial charge in [0.2, 0.25) is 0 Å². The maximum Gasteiger partial charge on any atom is 0.287 e. The first-order valence-corrected chi connectivity index (χ1v) is 5.66. The molecule has 0 aliphatic rings. The average Bonchev–Trinajstić information content (AvgIpc) is 1.95. The van der Waals surface area contributed by atoms with E-state index in [1.54, 1.807) is 0 Å². The van der Waals surface area contributed by atoms with Gasteiger partial charge in [-0.25, -0.2) is 0 Å². The molecule has 72 valence electrons. The Morgan fingerprint density at radius 1 is 1.42 bits per heavy atom. The van der Waals surface area contributed by atoms with E-state index in [4.69, 9.17) is 4.55 Å². The first-order chi connectivity index (χ1) is 5.49. The Bertz CT molecular complexity index is 239. The Morgan fingerprint density at radius 2 is 2.00 bits per heavy atom. The van der Waals surface area contributed by atoms with E-state index in [0.29, 0.717) is 6.42 Å². The monoisotopic (exact) mass is 192 g/mol. The zero-order valence-corrected chi connectivity index (χ0v) is 8.39. The molecule has 0 aliphatic heterocycles. The van der Waals surface area contributed by atoms with Crippen LogP contribution in [0.5, 0.6) is 0 Å².